The molecule has 3 aliphatic rings. The zero-order chi connectivity index (χ0) is 14.1. The summed E-state index contributed by atoms with van der Waals surface area (Å²) >= 11 is 0. The molecule has 0 spiro atoms. The molecule has 0 aromatic carbocycles. The van der Waals surface area contributed by atoms with Crippen LogP contribution in [0.1, 0.15) is 44.9 Å². The zero-order valence-corrected chi connectivity index (χ0v) is 13.2. The second-order valence-electron chi connectivity index (χ2n) is 6.76. The molecular weight excluding hydrogens is 290 g/mol. The smallest absolute Gasteiger partial charge is 0.239 e. The maximum Gasteiger partial charge on any atom is 0.239 e. The first kappa shape index (κ1) is 16.6. The lowest BCUT2D eigenvalue weighted by molar-refractivity contribution is -0.130. The van der Waals surface area contributed by atoms with Crippen LogP contribution in [0.15, 0.2) is 0 Å². The fourth-order valence-corrected chi connectivity index (χ4v) is 3.82. The quantitative estimate of drug-likeness (QED) is 0.722. The van der Waals surface area contributed by atoms with Crippen LogP contribution < -0.4 is 16.4 Å². The Morgan fingerprint density at radius 2 is 1.67 bits per heavy atom. The van der Waals surface area contributed by atoms with Crippen LogP contribution >= 0.6 is 12.4 Å². The first-order valence-electron chi connectivity index (χ1n) is 7.96. The molecule has 0 saturated heterocycles. The molecule has 0 aromatic heterocycles. The van der Waals surface area contributed by atoms with Crippen LogP contribution in [-0.2, 0) is 9.59 Å². The van der Waals surface area contributed by atoms with Gasteiger partial charge in [-0.25, -0.2) is 0 Å². The second-order valence-corrected chi connectivity index (χ2v) is 6.76. The van der Waals surface area contributed by atoms with Gasteiger partial charge >= 0.3 is 0 Å². The first-order chi connectivity index (χ1) is 9.63. The van der Waals surface area contributed by atoms with Crippen LogP contribution in [0, 0.1) is 17.8 Å². The van der Waals surface area contributed by atoms with Gasteiger partial charge in [-0.05, 0) is 50.4 Å². The second kappa shape index (κ2) is 6.97. The van der Waals surface area contributed by atoms with Crippen LogP contribution in [0.5, 0.6) is 0 Å². The number of fused-ring (bicyclic) bond motifs is 2. The number of hydrogen-bond acceptors (Lipinski definition) is 3. The van der Waals surface area contributed by atoms with E-state index in [9.17, 15) is 9.59 Å². The molecule has 21 heavy (non-hydrogen) atoms. The predicted octanol–water partition coefficient (Wildman–Crippen LogP) is 0.957. The Labute approximate surface area is 132 Å². The average molecular weight is 316 g/mol. The molecule has 2 atom stereocenters. The van der Waals surface area contributed by atoms with E-state index in [4.69, 9.17) is 5.73 Å². The number of nitrogens with one attached hydrogen (secondary N) is 2. The lowest BCUT2D eigenvalue weighted by Gasteiger charge is -2.43. The number of carbonyl (C=O) groups excluding carboxylic acids is 2. The topological polar surface area (TPSA) is 84.2 Å². The highest BCUT2D eigenvalue weighted by Crippen LogP contribution is 2.41. The monoisotopic (exact) mass is 315 g/mol. The Balaban J connectivity index is 0.00000161. The Hall–Kier alpha value is -0.810. The summed E-state index contributed by atoms with van der Waals surface area (Å²) in [6.07, 6.45) is 7.50. The van der Waals surface area contributed by atoms with Crippen LogP contribution in [0.3, 0.4) is 0 Å². The number of carbonyl (C=O) groups is 2. The molecule has 5 nitrogen and oxygen atoms in total. The number of halogens is 1. The van der Waals surface area contributed by atoms with Crippen molar-refractivity contribution in [3.05, 3.63) is 0 Å². The van der Waals surface area contributed by atoms with E-state index in [2.05, 4.69) is 10.6 Å². The molecular formula is C15H26ClN3O2. The van der Waals surface area contributed by atoms with Gasteiger partial charge < -0.3 is 16.4 Å². The molecule has 2 bridgehead atoms. The summed E-state index contributed by atoms with van der Waals surface area (Å²) in [6.45, 7) is 0.118. The maximum absolute atomic E-state index is 12.2. The van der Waals surface area contributed by atoms with Gasteiger partial charge in [0.05, 0.1) is 6.54 Å². The van der Waals surface area contributed by atoms with Gasteiger partial charge in [-0.3, -0.25) is 9.59 Å². The molecule has 120 valence electrons. The molecule has 2 amide bonds. The van der Waals surface area contributed by atoms with Gasteiger partial charge in [0.1, 0.15) is 0 Å². The molecule has 3 rings (SSSR count). The maximum atomic E-state index is 12.2. The summed E-state index contributed by atoms with van der Waals surface area (Å²) in [7, 11) is 0. The van der Waals surface area contributed by atoms with E-state index in [1.165, 1.54) is 6.42 Å². The van der Waals surface area contributed by atoms with Gasteiger partial charge in [0.25, 0.3) is 0 Å². The van der Waals surface area contributed by atoms with Crippen molar-refractivity contribution in [3.63, 3.8) is 0 Å². The Bertz CT molecular complexity index is 386. The average Bonchev–Trinajstić information content (AvgIpc) is 3.19. The molecule has 2 unspecified atom stereocenters. The lowest BCUT2D eigenvalue weighted by Crippen LogP contribution is -2.50. The van der Waals surface area contributed by atoms with Crippen LogP contribution in [0.2, 0.25) is 0 Å². The number of nitrogens with two attached hydrogens (primary N) is 1. The van der Waals surface area contributed by atoms with Crippen molar-refractivity contribution in [1.82, 2.24) is 10.6 Å². The van der Waals surface area contributed by atoms with Crippen molar-refractivity contribution in [1.29, 1.82) is 0 Å². The molecule has 0 aliphatic heterocycles. The number of hydrogen-bond donors (Lipinski definition) is 3. The highest BCUT2D eigenvalue weighted by Gasteiger charge is 2.40. The van der Waals surface area contributed by atoms with E-state index in [1.54, 1.807) is 0 Å². The van der Waals surface area contributed by atoms with Crippen molar-refractivity contribution in [2.24, 2.45) is 23.5 Å². The van der Waals surface area contributed by atoms with Crippen LogP contribution in [0.25, 0.3) is 0 Å². The minimum absolute atomic E-state index is 0. The van der Waals surface area contributed by atoms with E-state index < -0.39 is 0 Å². The molecule has 0 radical (unpaired) electrons. The van der Waals surface area contributed by atoms with E-state index in [0.717, 1.165) is 38.5 Å². The molecule has 3 saturated carbocycles. The highest BCUT2D eigenvalue weighted by atomic mass is 35.5. The molecule has 3 fully saturated rings. The third kappa shape index (κ3) is 4.10. The van der Waals surface area contributed by atoms with Gasteiger partial charge in [0.15, 0.2) is 0 Å². The van der Waals surface area contributed by atoms with Gasteiger partial charge in [-0.15, -0.1) is 12.4 Å². The fraction of sp³-hybridized carbons (Fsp3) is 0.867. The van der Waals surface area contributed by atoms with Crippen molar-refractivity contribution >= 4 is 24.2 Å². The van der Waals surface area contributed by atoms with Gasteiger partial charge in [0, 0.05) is 18.0 Å². The van der Waals surface area contributed by atoms with E-state index >= 15 is 0 Å². The van der Waals surface area contributed by atoms with Gasteiger partial charge in [0.2, 0.25) is 11.8 Å². The van der Waals surface area contributed by atoms with Gasteiger partial charge in [-0.2, -0.15) is 0 Å². The van der Waals surface area contributed by atoms with Crippen LogP contribution in [-0.4, -0.2) is 30.4 Å². The lowest BCUT2D eigenvalue weighted by atomic mass is 9.65. The highest BCUT2D eigenvalue weighted by molar-refractivity contribution is 5.86. The number of rotatable bonds is 4. The third-order valence-electron chi connectivity index (χ3n) is 5.15. The van der Waals surface area contributed by atoms with Crippen molar-refractivity contribution in [3.8, 4) is 0 Å². The van der Waals surface area contributed by atoms with Crippen molar-refractivity contribution in [2.45, 2.75) is 57.0 Å². The summed E-state index contributed by atoms with van der Waals surface area (Å²) < 4.78 is 0. The molecule has 4 N–H and O–H groups in total. The Kier molecular flexibility index (Phi) is 5.49. The predicted molar refractivity (Wildman–Crippen MR) is 83.0 cm³/mol. The van der Waals surface area contributed by atoms with Crippen molar-refractivity contribution < 1.29 is 9.59 Å². The van der Waals surface area contributed by atoms with E-state index in [1.807, 2.05) is 0 Å². The molecule has 6 heteroatoms. The largest absolute Gasteiger partial charge is 0.352 e. The van der Waals surface area contributed by atoms with Crippen molar-refractivity contribution in [2.75, 3.05) is 6.54 Å². The SMILES string of the molecule is Cl.NC1C2CCCC1CC(C(=O)NCC(=O)NC1CC1)C2. The van der Waals surface area contributed by atoms with Gasteiger partial charge in [-0.1, -0.05) is 6.42 Å². The standard InChI is InChI=1S/C15H25N3O2.ClH/c16-14-9-2-1-3-10(14)7-11(6-9)15(20)17-8-13(19)18-12-4-5-12;/h9-12,14H,1-8,16H2,(H,17,20)(H,18,19);1H. The summed E-state index contributed by atoms with van der Waals surface area (Å²) in [5.74, 6) is 1.03. The first-order valence-corrected chi connectivity index (χ1v) is 7.96. The third-order valence-corrected chi connectivity index (χ3v) is 5.15. The minimum atomic E-state index is -0.0615. The molecule has 3 aliphatic carbocycles. The summed E-state index contributed by atoms with van der Waals surface area (Å²) in [5, 5.41) is 5.68. The van der Waals surface area contributed by atoms with E-state index in [0.29, 0.717) is 17.9 Å². The Morgan fingerprint density at radius 3 is 2.24 bits per heavy atom. The summed E-state index contributed by atoms with van der Waals surface area (Å²) in [5.41, 5.74) is 6.23. The normalized spacial score (nSPS) is 34.5. The number of amides is 2. The zero-order valence-electron chi connectivity index (χ0n) is 12.3. The fourth-order valence-electron chi connectivity index (χ4n) is 3.82. The molecule has 0 aromatic rings. The Morgan fingerprint density at radius 1 is 1.05 bits per heavy atom. The van der Waals surface area contributed by atoms with Crippen LogP contribution in [0.4, 0.5) is 0 Å². The van der Waals surface area contributed by atoms with E-state index in [-0.39, 0.29) is 42.7 Å². The summed E-state index contributed by atoms with van der Waals surface area (Å²) in [4.78, 5) is 23.8. The molecule has 0 heterocycles. The summed E-state index contributed by atoms with van der Waals surface area (Å²) in [6, 6.07) is 0.636. The minimum Gasteiger partial charge on any atom is -0.352 e.